The highest BCUT2D eigenvalue weighted by Crippen LogP contribution is 2.23. The molecule has 21 heavy (non-hydrogen) atoms. The first-order valence-corrected chi connectivity index (χ1v) is 7.17. The normalized spacial score (nSPS) is 11.0. The monoisotopic (exact) mass is 345 g/mol. The van der Waals surface area contributed by atoms with E-state index in [1.807, 2.05) is 25.1 Å². The van der Waals surface area contributed by atoms with E-state index in [2.05, 4.69) is 15.9 Å². The van der Waals surface area contributed by atoms with Crippen LogP contribution < -0.4 is 5.76 Å². The number of oxazole rings is 1. The third-order valence-corrected chi connectivity index (χ3v) is 4.11. The summed E-state index contributed by atoms with van der Waals surface area (Å²) in [6.07, 6.45) is 0. The third kappa shape index (κ3) is 2.34. The Morgan fingerprint density at radius 2 is 1.95 bits per heavy atom. The molecular formula is C16H12BrNO3. The van der Waals surface area contributed by atoms with Crippen molar-refractivity contribution >= 4 is 32.8 Å². The van der Waals surface area contributed by atoms with Gasteiger partial charge in [0.05, 0.1) is 5.52 Å². The number of aryl methyl sites for hydroxylation is 2. The molecule has 0 aliphatic rings. The number of benzene rings is 2. The Morgan fingerprint density at radius 1 is 1.19 bits per heavy atom. The molecule has 0 radical (unpaired) electrons. The number of nitrogens with zero attached hydrogens (tertiary/aromatic N) is 1. The van der Waals surface area contributed by atoms with E-state index in [9.17, 15) is 9.59 Å². The second-order valence-electron chi connectivity index (χ2n) is 4.92. The van der Waals surface area contributed by atoms with Gasteiger partial charge in [-0.3, -0.25) is 9.36 Å². The molecule has 1 aromatic heterocycles. The smallest absolute Gasteiger partial charge is 0.408 e. The number of carbonyl (C=O) groups excluding carboxylic acids is 1. The van der Waals surface area contributed by atoms with E-state index in [0.29, 0.717) is 22.2 Å². The molecule has 0 aliphatic heterocycles. The number of aromatic nitrogens is 1. The van der Waals surface area contributed by atoms with Crippen LogP contribution in [0.15, 0.2) is 50.1 Å². The number of carbonyl (C=O) groups is 1. The van der Waals surface area contributed by atoms with Crippen molar-refractivity contribution in [1.82, 2.24) is 4.57 Å². The minimum absolute atomic E-state index is 0.112. The zero-order valence-corrected chi connectivity index (χ0v) is 13.1. The van der Waals surface area contributed by atoms with Crippen LogP contribution in [-0.2, 0) is 7.05 Å². The van der Waals surface area contributed by atoms with Gasteiger partial charge in [-0.2, -0.15) is 0 Å². The van der Waals surface area contributed by atoms with Crippen LogP contribution in [0.25, 0.3) is 11.1 Å². The molecule has 0 N–H and O–H groups in total. The van der Waals surface area contributed by atoms with Gasteiger partial charge in [-0.1, -0.05) is 27.6 Å². The van der Waals surface area contributed by atoms with Crippen molar-refractivity contribution in [3.8, 4) is 0 Å². The van der Waals surface area contributed by atoms with Crippen molar-refractivity contribution in [2.45, 2.75) is 6.92 Å². The van der Waals surface area contributed by atoms with E-state index >= 15 is 0 Å². The maximum atomic E-state index is 12.6. The summed E-state index contributed by atoms with van der Waals surface area (Å²) in [5.74, 6) is -0.551. The maximum Gasteiger partial charge on any atom is 0.419 e. The van der Waals surface area contributed by atoms with E-state index in [1.54, 1.807) is 25.2 Å². The number of ketones is 1. The first-order valence-electron chi connectivity index (χ1n) is 6.38. The Kier molecular flexibility index (Phi) is 3.29. The largest absolute Gasteiger partial charge is 0.419 e. The molecule has 106 valence electrons. The van der Waals surface area contributed by atoms with Crippen LogP contribution in [-0.4, -0.2) is 10.4 Å². The van der Waals surface area contributed by atoms with Crippen LogP contribution in [0.2, 0.25) is 0 Å². The number of hydrogen-bond donors (Lipinski definition) is 0. The summed E-state index contributed by atoms with van der Waals surface area (Å²) in [6.45, 7) is 1.93. The van der Waals surface area contributed by atoms with Gasteiger partial charge in [-0.05, 0) is 37.3 Å². The van der Waals surface area contributed by atoms with E-state index in [4.69, 9.17) is 4.42 Å². The van der Waals surface area contributed by atoms with Crippen molar-refractivity contribution < 1.29 is 9.21 Å². The second-order valence-corrected chi connectivity index (χ2v) is 5.78. The first-order chi connectivity index (χ1) is 9.97. The lowest BCUT2D eigenvalue weighted by Crippen LogP contribution is -2.08. The van der Waals surface area contributed by atoms with Gasteiger partial charge in [0.2, 0.25) is 0 Å². The molecule has 5 heteroatoms. The summed E-state index contributed by atoms with van der Waals surface area (Å²) in [5, 5.41) is 0. The van der Waals surface area contributed by atoms with Gasteiger partial charge in [0.25, 0.3) is 0 Å². The summed E-state index contributed by atoms with van der Waals surface area (Å²) >= 11 is 3.40. The predicted octanol–water partition coefficient (Wildman–Crippen LogP) is 3.43. The third-order valence-electron chi connectivity index (χ3n) is 3.42. The molecule has 3 aromatic rings. The van der Waals surface area contributed by atoms with Crippen molar-refractivity contribution in [1.29, 1.82) is 0 Å². The minimum Gasteiger partial charge on any atom is -0.408 e. The molecule has 1 heterocycles. The molecule has 4 nitrogen and oxygen atoms in total. The SMILES string of the molecule is Cc1ccc(Br)c(C(=O)c2ccc3c(c2)oc(=O)n3C)c1. The zero-order chi connectivity index (χ0) is 15.1. The highest BCUT2D eigenvalue weighted by atomic mass is 79.9. The lowest BCUT2D eigenvalue weighted by molar-refractivity contribution is 0.103. The minimum atomic E-state index is -0.439. The first kappa shape index (κ1) is 13.8. The van der Waals surface area contributed by atoms with E-state index < -0.39 is 5.76 Å². The molecule has 0 amide bonds. The van der Waals surface area contributed by atoms with Crippen LogP contribution >= 0.6 is 15.9 Å². The second kappa shape index (κ2) is 5.00. The van der Waals surface area contributed by atoms with Crippen LogP contribution in [0.1, 0.15) is 21.5 Å². The topological polar surface area (TPSA) is 52.2 Å². The zero-order valence-electron chi connectivity index (χ0n) is 11.5. The number of fused-ring (bicyclic) bond motifs is 1. The fraction of sp³-hybridized carbons (Fsp3) is 0.125. The van der Waals surface area contributed by atoms with Crippen molar-refractivity contribution in [3.63, 3.8) is 0 Å². The van der Waals surface area contributed by atoms with Crippen LogP contribution in [0.5, 0.6) is 0 Å². The maximum absolute atomic E-state index is 12.6. The molecule has 3 rings (SSSR count). The van der Waals surface area contributed by atoms with Crippen molar-refractivity contribution in [2.24, 2.45) is 7.05 Å². The molecular weight excluding hydrogens is 334 g/mol. The standard InChI is InChI=1S/C16H12BrNO3/c1-9-3-5-12(17)11(7-9)15(19)10-4-6-13-14(8-10)21-16(20)18(13)2/h3-8H,1-2H3. The highest BCUT2D eigenvalue weighted by molar-refractivity contribution is 9.10. The molecule has 0 saturated carbocycles. The van der Waals surface area contributed by atoms with E-state index in [-0.39, 0.29) is 5.78 Å². The highest BCUT2D eigenvalue weighted by Gasteiger charge is 2.15. The van der Waals surface area contributed by atoms with Crippen molar-refractivity contribution in [2.75, 3.05) is 0 Å². The summed E-state index contributed by atoms with van der Waals surface area (Å²) in [7, 11) is 1.63. The van der Waals surface area contributed by atoms with Gasteiger partial charge in [0.1, 0.15) is 0 Å². The molecule has 0 aliphatic carbocycles. The Bertz CT molecular complexity index is 921. The van der Waals surface area contributed by atoms with E-state index in [1.165, 1.54) is 4.57 Å². The number of hydrogen-bond acceptors (Lipinski definition) is 3. The van der Waals surface area contributed by atoms with Gasteiger partial charge >= 0.3 is 5.76 Å². The molecule has 0 saturated heterocycles. The van der Waals surface area contributed by atoms with Crippen LogP contribution in [0, 0.1) is 6.92 Å². The summed E-state index contributed by atoms with van der Waals surface area (Å²) in [4.78, 5) is 24.1. The average molecular weight is 346 g/mol. The molecule has 0 atom stereocenters. The Hall–Kier alpha value is -2.14. The Morgan fingerprint density at radius 3 is 2.71 bits per heavy atom. The van der Waals surface area contributed by atoms with Crippen LogP contribution in [0.4, 0.5) is 0 Å². The van der Waals surface area contributed by atoms with Gasteiger partial charge in [-0.25, -0.2) is 4.79 Å². The lowest BCUT2D eigenvalue weighted by Gasteiger charge is -2.05. The molecule has 0 fully saturated rings. The van der Waals surface area contributed by atoms with Crippen molar-refractivity contribution in [3.05, 3.63) is 68.1 Å². The predicted molar refractivity (Wildman–Crippen MR) is 83.8 cm³/mol. The fourth-order valence-corrected chi connectivity index (χ4v) is 2.67. The number of rotatable bonds is 2. The van der Waals surface area contributed by atoms with E-state index in [0.717, 1.165) is 10.0 Å². The molecule has 0 spiro atoms. The molecule has 0 unspecified atom stereocenters. The Balaban J connectivity index is 2.13. The van der Waals surface area contributed by atoms with Crippen LogP contribution in [0.3, 0.4) is 0 Å². The summed E-state index contributed by atoms with van der Waals surface area (Å²) < 4.78 is 7.27. The van der Waals surface area contributed by atoms with Gasteiger partial charge in [0, 0.05) is 22.6 Å². The van der Waals surface area contributed by atoms with Gasteiger partial charge in [-0.15, -0.1) is 0 Å². The van der Waals surface area contributed by atoms with Gasteiger partial charge < -0.3 is 4.42 Å². The lowest BCUT2D eigenvalue weighted by atomic mass is 10.0. The molecule has 0 bridgehead atoms. The average Bonchev–Trinajstić information content (AvgIpc) is 2.75. The number of halogens is 1. The molecule has 2 aromatic carbocycles. The summed E-state index contributed by atoms with van der Waals surface area (Å²) in [6, 6.07) is 10.6. The van der Waals surface area contributed by atoms with Gasteiger partial charge in [0.15, 0.2) is 11.4 Å². The fourth-order valence-electron chi connectivity index (χ4n) is 2.24. The summed E-state index contributed by atoms with van der Waals surface area (Å²) in [5.41, 5.74) is 3.17. The quantitative estimate of drug-likeness (QED) is 0.668. The Labute approximate surface area is 129 Å².